The lowest BCUT2D eigenvalue weighted by Gasteiger charge is -2.18. The monoisotopic (exact) mass is 381 g/mol. The number of ether oxygens (including phenoxy) is 2. The minimum Gasteiger partial charge on any atom is -0.479 e. The molecule has 0 saturated carbocycles. The molecule has 5 nitrogen and oxygen atoms in total. The van der Waals surface area contributed by atoms with Crippen LogP contribution in [0.3, 0.4) is 0 Å². The third kappa shape index (κ3) is 5.37. The minimum absolute atomic E-state index is 0.219. The van der Waals surface area contributed by atoms with Crippen LogP contribution in [0.5, 0.6) is 5.75 Å². The molecule has 0 bridgehead atoms. The normalized spacial score (nSPS) is 12.8. The van der Waals surface area contributed by atoms with Crippen LogP contribution in [-0.2, 0) is 14.3 Å². The fourth-order valence-electron chi connectivity index (χ4n) is 1.91. The number of carbonyl (C=O) groups is 2. The van der Waals surface area contributed by atoms with Gasteiger partial charge in [0.25, 0.3) is 5.91 Å². The van der Waals surface area contributed by atoms with Crippen LogP contribution in [0.2, 0.25) is 10.0 Å². The second-order valence-electron chi connectivity index (χ2n) is 5.24. The average Bonchev–Trinajstić information content (AvgIpc) is 2.59. The molecule has 1 amide bonds. The van der Waals surface area contributed by atoms with Crippen LogP contribution in [0.25, 0.3) is 0 Å². The number of benzene rings is 2. The van der Waals surface area contributed by atoms with Crippen molar-refractivity contribution in [1.82, 2.24) is 0 Å². The molecular weight excluding hydrogens is 365 g/mol. The van der Waals surface area contributed by atoms with Crippen molar-refractivity contribution in [2.75, 3.05) is 5.32 Å². The SMILES string of the molecule is CC(OC(=O)C(C)Oc1ccccc1)C(=O)Nc1cccc(Cl)c1Cl. The quantitative estimate of drug-likeness (QED) is 0.756. The number of anilines is 1. The first-order chi connectivity index (χ1) is 11.9. The minimum atomic E-state index is -1.02. The maximum atomic E-state index is 12.2. The molecule has 2 unspecified atom stereocenters. The summed E-state index contributed by atoms with van der Waals surface area (Å²) in [7, 11) is 0. The van der Waals surface area contributed by atoms with Crippen LogP contribution in [0.1, 0.15) is 13.8 Å². The predicted molar refractivity (Wildman–Crippen MR) is 97.2 cm³/mol. The van der Waals surface area contributed by atoms with Crippen molar-refractivity contribution >= 4 is 40.8 Å². The van der Waals surface area contributed by atoms with Crippen molar-refractivity contribution in [2.45, 2.75) is 26.1 Å². The van der Waals surface area contributed by atoms with Crippen LogP contribution in [0, 0.1) is 0 Å². The van der Waals surface area contributed by atoms with Gasteiger partial charge in [0.1, 0.15) is 5.75 Å². The summed E-state index contributed by atoms with van der Waals surface area (Å²) in [4.78, 5) is 24.2. The Hall–Kier alpha value is -2.24. The van der Waals surface area contributed by atoms with E-state index >= 15 is 0 Å². The molecule has 2 aromatic carbocycles. The molecule has 0 aliphatic rings. The first-order valence-corrected chi connectivity index (χ1v) is 8.31. The van der Waals surface area contributed by atoms with E-state index in [-0.39, 0.29) is 5.02 Å². The van der Waals surface area contributed by atoms with Gasteiger partial charge in [0.05, 0.1) is 15.7 Å². The maximum Gasteiger partial charge on any atom is 0.347 e. The van der Waals surface area contributed by atoms with Crippen LogP contribution < -0.4 is 10.1 Å². The smallest absolute Gasteiger partial charge is 0.347 e. The predicted octanol–water partition coefficient (Wildman–Crippen LogP) is 4.33. The number of hydrogen-bond acceptors (Lipinski definition) is 4. The molecular formula is C18H17Cl2NO4. The van der Waals surface area contributed by atoms with Gasteiger partial charge < -0.3 is 14.8 Å². The highest BCUT2D eigenvalue weighted by molar-refractivity contribution is 6.44. The molecule has 0 saturated heterocycles. The van der Waals surface area contributed by atoms with Crippen molar-refractivity contribution in [1.29, 1.82) is 0 Å². The summed E-state index contributed by atoms with van der Waals surface area (Å²) in [5, 5.41) is 3.10. The first-order valence-electron chi connectivity index (χ1n) is 7.55. The number of hydrogen-bond donors (Lipinski definition) is 1. The van der Waals surface area contributed by atoms with E-state index in [1.54, 1.807) is 49.4 Å². The number of carbonyl (C=O) groups excluding carboxylic acids is 2. The molecule has 2 atom stereocenters. The lowest BCUT2D eigenvalue weighted by atomic mass is 10.3. The van der Waals surface area contributed by atoms with Gasteiger partial charge in [0.15, 0.2) is 12.2 Å². The zero-order chi connectivity index (χ0) is 18.4. The van der Waals surface area contributed by atoms with Crippen LogP contribution in [0.4, 0.5) is 5.69 Å². The van der Waals surface area contributed by atoms with E-state index in [2.05, 4.69) is 5.32 Å². The van der Waals surface area contributed by atoms with Crippen molar-refractivity contribution in [3.8, 4) is 5.75 Å². The van der Waals surface area contributed by atoms with E-state index in [0.29, 0.717) is 16.5 Å². The van der Waals surface area contributed by atoms with E-state index in [0.717, 1.165) is 0 Å². The lowest BCUT2D eigenvalue weighted by Crippen LogP contribution is -2.35. The number of amides is 1. The Labute approximate surface area is 155 Å². The topological polar surface area (TPSA) is 64.6 Å². The molecule has 0 radical (unpaired) electrons. The van der Waals surface area contributed by atoms with Crippen molar-refractivity contribution < 1.29 is 19.1 Å². The van der Waals surface area contributed by atoms with Gasteiger partial charge in [-0.2, -0.15) is 0 Å². The first kappa shape index (κ1) is 19.1. The molecule has 1 N–H and O–H groups in total. The van der Waals surface area contributed by atoms with E-state index in [1.807, 2.05) is 6.07 Å². The molecule has 0 aromatic heterocycles. The van der Waals surface area contributed by atoms with E-state index in [1.165, 1.54) is 6.92 Å². The van der Waals surface area contributed by atoms with Crippen molar-refractivity contribution in [3.05, 3.63) is 58.6 Å². The molecule has 2 rings (SSSR count). The standard InChI is InChI=1S/C18H17Cl2NO4/c1-11(17(22)21-15-10-6-9-14(19)16(15)20)25-18(23)12(2)24-13-7-4-3-5-8-13/h3-12H,1-2H3,(H,21,22). The van der Waals surface area contributed by atoms with Crippen LogP contribution >= 0.6 is 23.2 Å². The van der Waals surface area contributed by atoms with Gasteiger partial charge in [0, 0.05) is 0 Å². The molecule has 0 fully saturated rings. The van der Waals surface area contributed by atoms with Gasteiger partial charge in [-0.3, -0.25) is 4.79 Å². The Morgan fingerprint density at radius 3 is 2.32 bits per heavy atom. The second-order valence-corrected chi connectivity index (χ2v) is 6.03. The molecule has 25 heavy (non-hydrogen) atoms. The van der Waals surface area contributed by atoms with E-state index < -0.39 is 24.1 Å². The molecule has 132 valence electrons. The molecule has 0 spiro atoms. The Morgan fingerprint density at radius 2 is 1.64 bits per heavy atom. The maximum absolute atomic E-state index is 12.2. The summed E-state index contributed by atoms with van der Waals surface area (Å²) in [6.07, 6.45) is -1.88. The Balaban J connectivity index is 1.91. The fourth-order valence-corrected chi connectivity index (χ4v) is 2.26. The third-order valence-corrected chi connectivity index (χ3v) is 4.08. The lowest BCUT2D eigenvalue weighted by molar-refractivity contribution is -0.159. The van der Waals surface area contributed by atoms with E-state index in [9.17, 15) is 9.59 Å². The summed E-state index contributed by atoms with van der Waals surface area (Å²) in [6.45, 7) is 3.01. The average molecular weight is 382 g/mol. The van der Waals surface area contributed by atoms with Crippen molar-refractivity contribution in [3.63, 3.8) is 0 Å². The third-order valence-electron chi connectivity index (χ3n) is 3.26. The number of nitrogens with one attached hydrogen (secondary N) is 1. The number of para-hydroxylation sites is 1. The summed E-state index contributed by atoms with van der Waals surface area (Å²) in [6, 6.07) is 13.7. The Kier molecular flexibility index (Phi) is 6.67. The largest absolute Gasteiger partial charge is 0.479 e. The number of rotatable bonds is 6. The highest BCUT2D eigenvalue weighted by atomic mass is 35.5. The van der Waals surface area contributed by atoms with Gasteiger partial charge in [-0.05, 0) is 38.1 Å². The highest BCUT2D eigenvalue weighted by Crippen LogP contribution is 2.29. The van der Waals surface area contributed by atoms with Gasteiger partial charge >= 0.3 is 5.97 Å². The van der Waals surface area contributed by atoms with Gasteiger partial charge in [-0.1, -0.05) is 47.5 Å². The van der Waals surface area contributed by atoms with Gasteiger partial charge in [-0.15, -0.1) is 0 Å². The molecule has 0 aliphatic heterocycles. The number of halogens is 2. The zero-order valence-corrected chi connectivity index (χ0v) is 15.2. The summed E-state index contributed by atoms with van der Waals surface area (Å²) >= 11 is 11.9. The second kappa shape index (κ2) is 8.74. The Bertz CT molecular complexity index is 752. The molecule has 0 heterocycles. The number of esters is 1. The van der Waals surface area contributed by atoms with Gasteiger partial charge in [-0.25, -0.2) is 4.79 Å². The van der Waals surface area contributed by atoms with Crippen molar-refractivity contribution in [2.24, 2.45) is 0 Å². The van der Waals surface area contributed by atoms with Crippen LogP contribution in [0.15, 0.2) is 48.5 Å². The van der Waals surface area contributed by atoms with E-state index in [4.69, 9.17) is 32.7 Å². The fraction of sp³-hybridized carbons (Fsp3) is 0.222. The van der Waals surface area contributed by atoms with Crippen LogP contribution in [-0.4, -0.2) is 24.1 Å². The molecule has 0 aliphatic carbocycles. The zero-order valence-electron chi connectivity index (χ0n) is 13.7. The molecule has 7 heteroatoms. The highest BCUT2D eigenvalue weighted by Gasteiger charge is 2.23. The summed E-state index contributed by atoms with van der Waals surface area (Å²) in [5.41, 5.74) is 0.343. The summed E-state index contributed by atoms with van der Waals surface area (Å²) < 4.78 is 10.6. The Morgan fingerprint density at radius 1 is 0.960 bits per heavy atom. The van der Waals surface area contributed by atoms with Gasteiger partial charge in [0.2, 0.25) is 0 Å². The summed E-state index contributed by atoms with van der Waals surface area (Å²) in [5.74, 6) is -0.636. The molecule has 2 aromatic rings.